The van der Waals surface area contributed by atoms with Crippen molar-refractivity contribution in [1.29, 1.82) is 0 Å². The van der Waals surface area contributed by atoms with Crippen molar-refractivity contribution in [2.24, 2.45) is 0 Å². The number of hydrogen-bond acceptors (Lipinski definition) is 4. The molecule has 33 heavy (non-hydrogen) atoms. The van der Waals surface area contributed by atoms with Crippen molar-refractivity contribution in [3.05, 3.63) is 125 Å². The van der Waals surface area contributed by atoms with Crippen molar-refractivity contribution >= 4 is 11.8 Å². The van der Waals surface area contributed by atoms with Crippen LogP contribution < -0.4 is 4.74 Å². The Morgan fingerprint density at radius 2 is 1.27 bits per heavy atom. The van der Waals surface area contributed by atoms with Gasteiger partial charge in [0.15, 0.2) is 12.4 Å². The summed E-state index contributed by atoms with van der Waals surface area (Å²) in [5.74, 6) is 0.0146. The van der Waals surface area contributed by atoms with Crippen LogP contribution in [0.3, 0.4) is 0 Å². The quantitative estimate of drug-likeness (QED) is 0.241. The summed E-state index contributed by atoms with van der Waals surface area (Å²) < 4.78 is 11.0. The highest BCUT2D eigenvalue weighted by molar-refractivity contribution is 5.99. The number of ether oxygens (including phenoxy) is 2. The number of esters is 1. The van der Waals surface area contributed by atoms with Crippen molar-refractivity contribution in [2.75, 3.05) is 6.61 Å². The van der Waals surface area contributed by atoms with Crippen molar-refractivity contribution in [3.63, 3.8) is 0 Å². The first-order valence-electron chi connectivity index (χ1n) is 10.7. The number of carbonyl (C=O) groups excluding carboxylic acids is 2. The zero-order chi connectivity index (χ0) is 23.0. The van der Waals surface area contributed by atoms with E-state index < -0.39 is 5.97 Å². The molecule has 0 radical (unpaired) electrons. The summed E-state index contributed by atoms with van der Waals surface area (Å²) >= 11 is 0. The topological polar surface area (TPSA) is 52.6 Å². The third kappa shape index (κ3) is 5.95. The maximum absolute atomic E-state index is 12.4. The first-order chi connectivity index (χ1) is 16.1. The molecular formula is C29H24O4. The molecule has 0 aromatic heterocycles. The molecule has 0 bridgehead atoms. The van der Waals surface area contributed by atoms with Gasteiger partial charge in [-0.2, -0.15) is 0 Å². The molecule has 4 aromatic carbocycles. The van der Waals surface area contributed by atoms with E-state index in [0.29, 0.717) is 17.7 Å². The number of ketones is 1. The summed E-state index contributed by atoms with van der Waals surface area (Å²) in [5.41, 5.74) is 5.10. The minimum Gasteiger partial charge on any atom is -0.489 e. The molecule has 0 saturated heterocycles. The first-order valence-corrected chi connectivity index (χ1v) is 10.7. The van der Waals surface area contributed by atoms with Gasteiger partial charge in [-0.15, -0.1) is 0 Å². The van der Waals surface area contributed by atoms with Crippen LogP contribution in [0.2, 0.25) is 0 Å². The smallest absolute Gasteiger partial charge is 0.338 e. The minimum absolute atomic E-state index is 0.244. The van der Waals surface area contributed by atoms with Gasteiger partial charge in [0.25, 0.3) is 0 Å². The molecule has 0 unspecified atom stereocenters. The monoisotopic (exact) mass is 436 g/mol. The van der Waals surface area contributed by atoms with Crippen LogP contribution in [0.15, 0.2) is 103 Å². The summed E-state index contributed by atoms with van der Waals surface area (Å²) in [6, 6.07) is 32.0. The summed E-state index contributed by atoms with van der Waals surface area (Å²) in [5, 5.41) is 0. The fourth-order valence-electron chi connectivity index (χ4n) is 3.32. The van der Waals surface area contributed by atoms with Gasteiger partial charge in [-0.05, 0) is 47.9 Å². The number of hydrogen-bond donors (Lipinski definition) is 0. The highest BCUT2D eigenvalue weighted by Gasteiger charge is 2.12. The lowest BCUT2D eigenvalue weighted by Gasteiger charge is -2.08. The Bertz CT molecular complexity index is 1210. The van der Waals surface area contributed by atoms with Gasteiger partial charge < -0.3 is 9.47 Å². The summed E-state index contributed by atoms with van der Waals surface area (Å²) in [6.07, 6.45) is 0. The van der Waals surface area contributed by atoms with Gasteiger partial charge in [-0.1, -0.05) is 84.4 Å². The zero-order valence-corrected chi connectivity index (χ0v) is 18.4. The Morgan fingerprint density at radius 1 is 0.667 bits per heavy atom. The second kappa shape index (κ2) is 10.4. The Kier molecular flexibility index (Phi) is 6.96. The van der Waals surface area contributed by atoms with Crippen LogP contribution in [0.4, 0.5) is 0 Å². The predicted octanol–water partition coefficient (Wildman–Crippen LogP) is 6.28. The van der Waals surface area contributed by atoms with E-state index in [4.69, 9.17) is 9.47 Å². The van der Waals surface area contributed by atoms with Crippen molar-refractivity contribution < 1.29 is 19.1 Å². The molecule has 0 aliphatic carbocycles. The maximum atomic E-state index is 12.4. The molecule has 0 heterocycles. The summed E-state index contributed by atoms with van der Waals surface area (Å²) in [7, 11) is 0. The standard InChI is InChI=1S/C29H24O4/c1-21-7-17-27(18-8-21)32-19-22-9-11-26(12-10-22)29(31)33-20-28(30)25-15-13-24(14-16-25)23-5-3-2-4-6-23/h2-18H,19-20H2,1H3. The third-order valence-corrected chi connectivity index (χ3v) is 5.26. The fraction of sp³-hybridized carbons (Fsp3) is 0.103. The van der Waals surface area contributed by atoms with Crippen LogP contribution in [0.25, 0.3) is 11.1 Å². The van der Waals surface area contributed by atoms with E-state index in [1.807, 2.05) is 85.8 Å². The number of carbonyl (C=O) groups is 2. The molecule has 0 atom stereocenters. The van der Waals surface area contributed by atoms with E-state index in [-0.39, 0.29) is 12.4 Å². The predicted molar refractivity (Wildman–Crippen MR) is 128 cm³/mol. The van der Waals surface area contributed by atoms with Crippen LogP contribution in [0.5, 0.6) is 5.75 Å². The van der Waals surface area contributed by atoms with Crippen LogP contribution in [-0.2, 0) is 11.3 Å². The highest BCUT2D eigenvalue weighted by atomic mass is 16.5. The molecule has 164 valence electrons. The highest BCUT2D eigenvalue weighted by Crippen LogP contribution is 2.19. The van der Waals surface area contributed by atoms with Crippen LogP contribution in [0, 0.1) is 6.92 Å². The van der Waals surface area contributed by atoms with Gasteiger partial charge in [0.05, 0.1) is 5.56 Å². The average Bonchev–Trinajstić information content (AvgIpc) is 2.87. The van der Waals surface area contributed by atoms with E-state index >= 15 is 0 Å². The second-order valence-corrected chi connectivity index (χ2v) is 7.74. The van der Waals surface area contributed by atoms with E-state index in [1.54, 1.807) is 24.3 Å². The normalized spacial score (nSPS) is 10.5. The lowest BCUT2D eigenvalue weighted by Crippen LogP contribution is -2.14. The lowest BCUT2D eigenvalue weighted by atomic mass is 10.0. The number of Topliss-reactive ketones (excluding diaryl/α,β-unsaturated/α-hetero) is 1. The maximum Gasteiger partial charge on any atom is 0.338 e. The van der Waals surface area contributed by atoms with Crippen LogP contribution in [0.1, 0.15) is 31.8 Å². The Balaban J connectivity index is 1.28. The molecule has 4 heteroatoms. The SMILES string of the molecule is Cc1ccc(OCc2ccc(C(=O)OCC(=O)c3ccc(-c4ccccc4)cc3)cc2)cc1. The largest absolute Gasteiger partial charge is 0.489 e. The van der Waals surface area contributed by atoms with Crippen molar-refractivity contribution in [3.8, 4) is 16.9 Å². The molecule has 0 aliphatic rings. The molecule has 4 rings (SSSR count). The van der Waals surface area contributed by atoms with E-state index in [1.165, 1.54) is 5.56 Å². The Hall–Kier alpha value is -4.18. The molecule has 0 N–H and O–H groups in total. The molecule has 0 fully saturated rings. The van der Waals surface area contributed by atoms with Gasteiger partial charge in [0, 0.05) is 5.56 Å². The van der Waals surface area contributed by atoms with Gasteiger partial charge in [-0.3, -0.25) is 4.79 Å². The average molecular weight is 437 g/mol. The summed E-state index contributed by atoms with van der Waals surface area (Å²) in [4.78, 5) is 24.8. The fourth-order valence-corrected chi connectivity index (χ4v) is 3.32. The van der Waals surface area contributed by atoms with Crippen molar-refractivity contribution in [2.45, 2.75) is 13.5 Å². The van der Waals surface area contributed by atoms with E-state index in [0.717, 1.165) is 22.4 Å². The molecular weight excluding hydrogens is 412 g/mol. The van der Waals surface area contributed by atoms with Gasteiger partial charge >= 0.3 is 5.97 Å². The molecule has 4 nitrogen and oxygen atoms in total. The summed E-state index contributed by atoms with van der Waals surface area (Å²) in [6.45, 7) is 2.12. The van der Waals surface area contributed by atoms with Gasteiger partial charge in [0.2, 0.25) is 0 Å². The molecule has 4 aromatic rings. The lowest BCUT2D eigenvalue weighted by molar-refractivity contribution is 0.0474. The van der Waals surface area contributed by atoms with Crippen LogP contribution >= 0.6 is 0 Å². The van der Waals surface area contributed by atoms with E-state index in [9.17, 15) is 9.59 Å². The number of rotatable bonds is 8. The van der Waals surface area contributed by atoms with Crippen molar-refractivity contribution in [1.82, 2.24) is 0 Å². The molecule has 0 aliphatic heterocycles. The number of aryl methyl sites for hydroxylation is 1. The molecule has 0 amide bonds. The van der Waals surface area contributed by atoms with Gasteiger partial charge in [0.1, 0.15) is 12.4 Å². The Morgan fingerprint density at radius 3 is 1.94 bits per heavy atom. The molecule has 0 spiro atoms. The molecule has 0 saturated carbocycles. The first kappa shape index (κ1) is 22.0. The number of benzene rings is 4. The third-order valence-electron chi connectivity index (χ3n) is 5.26. The second-order valence-electron chi connectivity index (χ2n) is 7.74. The zero-order valence-electron chi connectivity index (χ0n) is 18.4. The Labute approximate surface area is 193 Å². The van der Waals surface area contributed by atoms with Gasteiger partial charge in [-0.25, -0.2) is 4.79 Å². The minimum atomic E-state index is -0.532. The van der Waals surface area contributed by atoms with Crippen LogP contribution in [-0.4, -0.2) is 18.4 Å². The van der Waals surface area contributed by atoms with E-state index in [2.05, 4.69) is 0 Å².